The number of amides is 1. The van der Waals surface area contributed by atoms with Gasteiger partial charge in [0.25, 0.3) is 0 Å². The van der Waals surface area contributed by atoms with E-state index in [2.05, 4.69) is 22.2 Å². The fourth-order valence-electron chi connectivity index (χ4n) is 2.65. The average molecular weight is 278 g/mol. The molecule has 2 heterocycles. The molecular weight excluding hydrogens is 252 g/mol. The fourth-order valence-corrected chi connectivity index (χ4v) is 2.65. The Morgan fingerprint density at radius 2 is 2.15 bits per heavy atom. The summed E-state index contributed by atoms with van der Waals surface area (Å²) in [6.07, 6.45) is 4.60. The van der Waals surface area contributed by atoms with Gasteiger partial charge in [-0.1, -0.05) is 13.3 Å². The van der Waals surface area contributed by atoms with E-state index >= 15 is 0 Å². The Labute approximate surface area is 121 Å². The molecule has 20 heavy (non-hydrogen) atoms. The third-order valence-electron chi connectivity index (χ3n) is 3.94. The molecule has 112 valence electrons. The molecule has 1 aliphatic heterocycles. The number of rotatable bonds is 6. The molecule has 5 heteroatoms. The third-order valence-corrected chi connectivity index (χ3v) is 3.94. The minimum Gasteiger partial charge on any atom is -0.310 e. The molecule has 1 aliphatic rings. The molecular formula is C15H26N4O. The molecule has 0 aliphatic carbocycles. The van der Waals surface area contributed by atoms with E-state index in [9.17, 15) is 4.79 Å². The molecule has 1 fully saturated rings. The van der Waals surface area contributed by atoms with Crippen molar-refractivity contribution >= 4 is 11.7 Å². The quantitative estimate of drug-likeness (QED) is 0.869. The van der Waals surface area contributed by atoms with E-state index in [-0.39, 0.29) is 11.9 Å². The van der Waals surface area contributed by atoms with Crippen molar-refractivity contribution in [1.82, 2.24) is 14.7 Å². The molecule has 0 spiro atoms. The molecule has 1 aromatic rings. The van der Waals surface area contributed by atoms with Gasteiger partial charge in [-0.3, -0.25) is 9.69 Å². The third kappa shape index (κ3) is 3.60. The van der Waals surface area contributed by atoms with Crippen molar-refractivity contribution in [2.24, 2.45) is 0 Å². The molecule has 1 aromatic heterocycles. The Morgan fingerprint density at radius 1 is 1.45 bits per heavy atom. The first-order valence-corrected chi connectivity index (χ1v) is 7.71. The van der Waals surface area contributed by atoms with Crippen LogP contribution in [-0.2, 0) is 11.3 Å². The van der Waals surface area contributed by atoms with Crippen LogP contribution in [0.5, 0.6) is 0 Å². The first-order chi connectivity index (χ1) is 9.61. The van der Waals surface area contributed by atoms with E-state index < -0.39 is 0 Å². The van der Waals surface area contributed by atoms with Crippen LogP contribution in [0.2, 0.25) is 0 Å². The lowest BCUT2D eigenvalue weighted by atomic mass is 10.2. The van der Waals surface area contributed by atoms with Gasteiger partial charge in [0.2, 0.25) is 5.91 Å². The minimum atomic E-state index is -0.0627. The van der Waals surface area contributed by atoms with Crippen LogP contribution in [-0.4, -0.2) is 39.7 Å². The topological polar surface area (TPSA) is 50.2 Å². The summed E-state index contributed by atoms with van der Waals surface area (Å²) >= 11 is 0. The summed E-state index contributed by atoms with van der Waals surface area (Å²) in [5.41, 5.74) is 0.949. The van der Waals surface area contributed by atoms with Gasteiger partial charge >= 0.3 is 0 Å². The number of unbranched alkanes of at least 4 members (excludes halogenated alkanes) is 1. The van der Waals surface area contributed by atoms with Gasteiger partial charge in [-0.15, -0.1) is 0 Å². The van der Waals surface area contributed by atoms with Gasteiger partial charge in [0.05, 0.1) is 11.7 Å². The second-order valence-electron chi connectivity index (χ2n) is 5.66. The van der Waals surface area contributed by atoms with Crippen LogP contribution in [0.25, 0.3) is 0 Å². The lowest BCUT2D eigenvalue weighted by Crippen LogP contribution is -2.40. The Balaban J connectivity index is 1.99. The van der Waals surface area contributed by atoms with Gasteiger partial charge in [-0.05, 0) is 46.2 Å². The van der Waals surface area contributed by atoms with Gasteiger partial charge in [-0.25, -0.2) is 4.68 Å². The number of hydrogen-bond acceptors (Lipinski definition) is 3. The Hall–Kier alpha value is -1.36. The number of likely N-dealkylation sites (tertiary alicyclic amines) is 1. The molecule has 2 rings (SSSR count). The SMILES string of the molecule is CCCCn1nc(C)cc1NC(=O)C(C)N1CCCC1. The molecule has 1 N–H and O–H groups in total. The zero-order valence-corrected chi connectivity index (χ0v) is 12.9. The smallest absolute Gasteiger partial charge is 0.242 e. The monoisotopic (exact) mass is 278 g/mol. The summed E-state index contributed by atoms with van der Waals surface area (Å²) in [5.74, 6) is 0.900. The lowest BCUT2D eigenvalue weighted by Gasteiger charge is -2.22. The second-order valence-corrected chi connectivity index (χ2v) is 5.66. The summed E-state index contributed by atoms with van der Waals surface area (Å²) in [4.78, 5) is 14.6. The van der Waals surface area contributed by atoms with E-state index in [1.807, 2.05) is 24.6 Å². The number of carbonyl (C=O) groups excluding carboxylic acids is 1. The molecule has 1 unspecified atom stereocenters. The van der Waals surface area contributed by atoms with Crippen molar-refractivity contribution in [3.05, 3.63) is 11.8 Å². The lowest BCUT2D eigenvalue weighted by molar-refractivity contribution is -0.120. The summed E-state index contributed by atoms with van der Waals surface area (Å²) in [6, 6.07) is 1.89. The van der Waals surface area contributed by atoms with Crippen LogP contribution in [0.15, 0.2) is 6.07 Å². The van der Waals surface area contributed by atoms with Gasteiger partial charge in [0.15, 0.2) is 0 Å². The second kappa shape index (κ2) is 6.88. The van der Waals surface area contributed by atoms with Crippen LogP contribution in [0, 0.1) is 6.92 Å². The summed E-state index contributed by atoms with van der Waals surface area (Å²) in [7, 11) is 0. The van der Waals surface area contributed by atoms with E-state index in [4.69, 9.17) is 0 Å². The normalized spacial score (nSPS) is 17.4. The van der Waals surface area contributed by atoms with Crippen LogP contribution in [0.4, 0.5) is 5.82 Å². The highest BCUT2D eigenvalue weighted by atomic mass is 16.2. The highest BCUT2D eigenvalue weighted by Crippen LogP contribution is 2.15. The number of anilines is 1. The predicted octanol–water partition coefficient (Wildman–Crippen LogP) is 2.41. The van der Waals surface area contributed by atoms with Gasteiger partial charge in [-0.2, -0.15) is 5.10 Å². The fraction of sp³-hybridized carbons (Fsp3) is 0.733. The number of nitrogens with zero attached hydrogens (tertiary/aromatic N) is 3. The summed E-state index contributed by atoms with van der Waals surface area (Å²) in [6.45, 7) is 9.02. The Kier molecular flexibility index (Phi) is 5.17. The van der Waals surface area contributed by atoms with Crippen LogP contribution < -0.4 is 5.32 Å². The number of nitrogens with one attached hydrogen (secondary N) is 1. The maximum Gasteiger partial charge on any atom is 0.242 e. The zero-order valence-electron chi connectivity index (χ0n) is 12.9. The van der Waals surface area contributed by atoms with Crippen molar-refractivity contribution in [2.45, 2.75) is 59.0 Å². The average Bonchev–Trinajstić information content (AvgIpc) is 3.05. The Bertz CT molecular complexity index is 449. The minimum absolute atomic E-state index is 0.0627. The number of aryl methyl sites for hydroxylation is 2. The predicted molar refractivity (Wildman–Crippen MR) is 80.8 cm³/mol. The molecule has 1 saturated heterocycles. The highest BCUT2D eigenvalue weighted by Gasteiger charge is 2.24. The largest absolute Gasteiger partial charge is 0.310 e. The Morgan fingerprint density at radius 3 is 2.80 bits per heavy atom. The summed E-state index contributed by atoms with van der Waals surface area (Å²) < 4.78 is 1.91. The van der Waals surface area contributed by atoms with Crippen LogP contribution >= 0.6 is 0 Å². The van der Waals surface area contributed by atoms with E-state index in [1.54, 1.807) is 0 Å². The molecule has 1 atom stereocenters. The molecule has 0 radical (unpaired) electrons. The van der Waals surface area contributed by atoms with Gasteiger partial charge in [0.1, 0.15) is 5.82 Å². The maximum atomic E-state index is 12.3. The van der Waals surface area contributed by atoms with Crippen molar-refractivity contribution < 1.29 is 4.79 Å². The molecule has 5 nitrogen and oxygen atoms in total. The molecule has 0 aromatic carbocycles. The van der Waals surface area contributed by atoms with Crippen molar-refractivity contribution in [3.63, 3.8) is 0 Å². The van der Waals surface area contributed by atoms with Crippen molar-refractivity contribution in [3.8, 4) is 0 Å². The zero-order chi connectivity index (χ0) is 14.5. The van der Waals surface area contributed by atoms with E-state index in [1.165, 1.54) is 12.8 Å². The van der Waals surface area contributed by atoms with Crippen molar-refractivity contribution in [1.29, 1.82) is 0 Å². The van der Waals surface area contributed by atoms with Crippen LogP contribution in [0.3, 0.4) is 0 Å². The molecule has 0 bridgehead atoms. The maximum absolute atomic E-state index is 12.3. The van der Waals surface area contributed by atoms with Crippen molar-refractivity contribution in [2.75, 3.05) is 18.4 Å². The number of hydrogen-bond donors (Lipinski definition) is 1. The first kappa shape index (κ1) is 15.0. The van der Waals surface area contributed by atoms with E-state index in [0.29, 0.717) is 0 Å². The number of aromatic nitrogens is 2. The van der Waals surface area contributed by atoms with Crippen LogP contribution in [0.1, 0.15) is 45.2 Å². The van der Waals surface area contributed by atoms with E-state index in [0.717, 1.165) is 44.0 Å². The standard InChI is InChI=1S/C15H26N4O/c1-4-5-10-19-14(11-12(2)17-19)16-15(20)13(3)18-8-6-7-9-18/h11,13H,4-10H2,1-3H3,(H,16,20). The highest BCUT2D eigenvalue weighted by molar-refractivity contribution is 5.93. The first-order valence-electron chi connectivity index (χ1n) is 7.71. The van der Waals surface area contributed by atoms with Gasteiger partial charge < -0.3 is 5.32 Å². The summed E-state index contributed by atoms with van der Waals surface area (Å²) in [5, 5.41) is 7.48. The van der Waals surface area contributed by atoms with Gasteiger partial charge in [0, 0.05) is 12.6 Å². The molecule has 1 amide bonds. The molecule has 0 saturated carbocycles. The number of carbonyl (C=O) groups is 1.